The number of hydrogen-bond acceptors (Lipinski definition) is 10. The van der Waals surface area contributed by atoms with E-state index in [0.717, 1.165) is 21.8 Å². The number of thiazole rings is 1. The van der Waals surface area contributed by atoms with Crippen molar-refractivity contribution in [1.29, 1.82) is 0 Å². The number of carbonyl (C=O) groups is 5. The summed E-state index contributed by atoms with van der Waals surface area (Å²) < 4.78 is 51.5. The van der Waals surface area contributed by atoms with Gasteiger partial charge in [-0.25, -0.2) is 4.98 Å². The van der Waals surface area contributed by atoms with Gasteiger partial charge in [0.1, 0.15) is 16.7 Å². The minimum absolute atomic E-state index is 0.0382. The molecule has 16 heteroatoms. The van der Waals surface area contributed by atoms with Gasteiger partial charge in [0.15, 0.2) is 6.10 Å². The molecule has 0 aliphatic carbocycles. The molecule has 1 aromatic carbocycles. The maximum absolute atomic E-state index is 13.7. The SMILES string of the molecule is COC(=O)[C@@H](C)C[C@H](Cc1ccccc1)NC(=O)c1csc([C@@H](C[C@H](C(C)C)N(C)C(=O)[C@H](CC(F)(F)F)NC(=O)[C@H]2CCCN2C)OC(C)=O)n1. The zero-order valence-electron chi connectivity index (χ0n) is 30.7. The van der Waals surface area contributed by atoms with Crippen LogP contribution in [-0.2, 0) is 35.1 Å². The number of esters is 2. The Labute approximate surface area is 306 Å². The van der Waals surface area contributed by atoms with Crippen molar-refractivity contribution in [2.24, 2.45) is 11.8 Å². The molecular formula is C36H50F3N5O7S. The third-order valence-corrected chi connectivity index (χ3v) is 10.1. The number of hydrogen-bond donors (Lipinski definition) is 2. The van der Waals surface area contributed by atoms with Crippen LogP contribution in [0.15, 0.2) is 35.7 Å². The molecule has 2 heterocycles. The summed E-state index contributed by atoms with van der Waals surface area (Å²) in [5.41, 5.74) is 0.983. The summed E-state index contributed by atoms with van der Waals surface area (Å²) in [6.07, 6.45) is -5.47. The average Bonchev–Trinajstić information content (AvgIpc) is 3.74. The molecule has 0 spiro atoms. The summed E-state index contributed by atoms with van der Waals surface area (Å²) in [5.74, 6) is -4.00. The average molecular weight is 754 g/mol. The van der Waals surface area contributed by atoms with E-state index < -0.39 is 78.4 Å². The minimum Gasteiger partial charge on any atom is -0.469 e. The largest absolute Gasteiger partial charge is 0.469 e. The van der Waals surface area contributed by atoms with Gasteiger partial charge in [-0.05, 0) is 50.8 Å². The first-order chi connectivity index (χ1) is 24.4. The maximum atomic E-state index is 13.7. The lowest BCUT2D eigenvalue weighted by atomic mass is 9.95. The Kier molecular flexibility index (Phi) is 15.6. The van der Waals surface area contributed by atoms with Gasteiger partial charge in [-0.15, -0.1) is 11.3 Å². The molecule has 2 aromatic rings. The lowest BCUT2D eigenvalue weighted by Crippen LogP contribution is -2.55. The Morgan fingerprint density at radius 1 is 1.08 bits per heavy atom. The number of likely N-dealkylation sites (N-methyl/N-ethyl adjacent to an activating group) is 2. The van der Waals surface area contributed by atoms with E-state index in [0.29, 0.717) is 32.2 Å². The highest BCUT2D eigenvalue weighted by Gasteiger charge is 2.41. The molecule has 288 valence electrons. The minimum atomic E-state index is -4.74. The number of methoxy groups -OCH3 is 1. The lowest BCUT2D eigenvalue weighted by molar-refractivity contribution is -0.158. The second-order valence-electron chi connectivity index (χ2n) is 13.7. The van der Waals surface area contributed by atoms with Crippen LogP contribution in [0.25, 0.3) is 0 Å². The topological polar surface area (TPSA) is 147 Å². The predicted molar refractivity (Wildman–Crippen MR) is 188 cm³/mol. The molecule has 3 rings (SSSR count). The highest BCUT2D eigenvalue weighted by atomic mass is 32.1. The molecule has 1 aliphatic heterocycles. The van der Waals surface area contributed by atoms with Crippen LogP contribution < -0.4 is 10.6 Å². The highest BCUT2D eigenvalue weighted by Crippen LogP contribution is 2.32. The van der Waals surface area contributed by atoms with Gasteiger partial charge in [-0.2, -0.15) is 13.2 Å². The lowest BCUT2D eigenvalue weighted by Gasteiger charge is -2.36. The second kappa shape index (κ2) is 19.1. The fourth-order valence-corrected chi connectivity index (χ4v) is 7.30. The monoisotopic (exact) mass is 753 g/mol. The van der Waals surface area contributed by atoms with Crippen molar-refractivity contribution in [3.05, 3.63) is 52.0 Å². The summed E-state index contributed by atoms with van der Waals surface area (Å²) >= 11 is 1.06. The smallest absolute Gasteiger partial charge is 0.391 e. The molecule has 2 N–H and O–H groups in total. The Morgan fingerprint density at radius 2 is 1.75 bits per heavy atom. The normalized spacial score (nSPS) is 17.8. The van der Waals surface area contributed by atoms with Gasteiger partial charge in [-0.3, -0.25) is 28.9 Å². The quantitative estimate of drug-likeness (QED) is 0.220. The van der Waals surface area contributed by atoms with E-state index in [9.17, 15) is 37.1 Å². The van der Waals surface area contributed by atoms with Crippen LogP contribution in [0.5, 0.6) is 0 Å². The predicted octanol–water partition coefficient (Wildman–Crippen LogP) is 4.69. The number of carbonyl (C=O) groups excluding carboxylic acids is 5. The van der Waals surface area contributed by atoms with Gasteiger partial charge in [0, 0.05) is 37.9 Å². The fraction of sp³-hybridized carbons (Fsp3) is 0.611. The standard InChI is InChI=1S/C36H50F3N5O7S/c1-21(2)29(44(6)34(48)26(19-36(37,38)39)41-32(47)28-14-11-15-43(28)5)18-30(51-23(4)45)33-42-27(20-52-33)31(46)40-25(16-22(3)35(49)50-7)17-24-12-9-8-10-13-24/h8-10,12-13,20-22,25-26,28-30H,11,14-19H2,1-7H3,(H,40,46)(H,41,47)/t22-,25+,26-,28+,29+,30+/m0/s1. The molecule has 3 amide bonds. The number of rotatable bonds is 17. The molecule has 52 heavy (non-hydrogen) atoms. The van der Waals surface area contributed by atoms with Crippen LogP contribution in [0, 0.1) is 11.8 Å². The summed E-state index contributed by atoms with van der Waals surface area (Å²) in [6, 6.07) is 5.73. The van der Waals surface area contributed by atoms with Crippen molar-refractivity contribution in [2.45, 2.75) is 103 Å². The number of amides is 3. The van der Waals surface area contributed by atoms with Crippen molar-refractivity contribution < 1.29 is 46.6 Å². The summed E-state index contributed by atoms with van der Waals surface area (Å²) in [4.78, 5) is 71.9. The van der Waals surface area contributed by atoms with E-state index >= 15 is 0 Å². The zero-order valence-corrected chi connectivity index (χ0v) is 31.5. The van der Waals surface area contributed by atoms with Crippen molar-refractivity contribution in [2.75, 3.05) is 27.7 Å². The maximum Gasteiger partial charge on any atom is 0.391 e. The Hall–Kier alpha value is -4.05. The zero-order chi connectivity index (χ0) is 38.7. The molecule has 1 fully saturated rings. The van der Waals surface area contributed by atoms with Crippen molar-refractivity contribution in [1.82, 2.24) is 25.4 Å². The molecule has 1 aliphatic rings. The Balaban J connectivity index is 1.82. The van der Waals surface area contributed by atoms with Gasteiger partial charge in [0.25, 0.3) is 5.91 Å². The molecule has 0 bridgehead atoms. The molecule has 0 unspecified atom stereocenters. The van der Waals surface area contributed by atoms with Crippen LogP contribution in [0.4, 0.5) is 13.2 Å². The van der Waals surface area contributed by atoms with Gasteiger partial charge < -0.3 is 25.0 Å². The van der Waals surface area contributed by atoms with Crippen molar-refractivity contribution in [3.63, 3.8) is 0 Å². The number of nitrogens with zero attached hydrogens (tertiary/aromatic N) is 3. The van der Waals surface area contributed by atoms with Crippen LogP contribution in [-0.4, -0.2) is 103 Å². The Morgan fingerprint density at radius 3 is 2.31 bits per heavy atom. The number of nitrogens with one attached hydrogen (secondary N) is 2. The first kappa shape index (κ1) is 42.4. The second-order valence-corrected chi connectivity index (χ2v) is 14.6. The first-order valence-corrected chi connectivity index (χ1v) is 18.2. The molecule has 0 radical (unpaired) electrons. The van der Waals surface area contributed by atoms with E-state index in [-0.39, 0.29) is 23.0 Å². The van der Waals surface area contributed by atoms with Crippen molar-refractivity contribution >= 4 is 41.0 Å². The first-order valence-electron chi connectivity index (χ1n) is 17.3. The number of alkyl halides is 3. The van der Waals surface area contributed by atoms with E-state index in [1.165, 1.54) is 26.5 Å². The number of halogens is 3. The number of aromatic nitrogens is 1. The van der Waals surface area contributed by atoms with E-state index in [4.69, 9.17) is 9.47 Å². The van der Waals surface area contributed by atoms with Crippen LogP contribution in [0.3, 0.4) is 0 Å². The number of likely N-dealkylation sites (tertiary alicyclic amines) is 1. The third kappa shape index (κ3) is 12.6. The molecule has 1 saturated heterocycles. The molecule has 12 nitrogen and oxygen atoms in total. The van der Waals surface area contributed by atoms with Gasteiger partial charge in [-0.1, -0.05) is 51.1 Å². The van der Waals surface area contributed by atoms with Crippen molar-refractivity contribution in [3.8, 4) is 0 Å². The van der Waals surface area contributed by atoms with E-state index in [1.807, 2.05) is 30.3 Å². The molecular weight excluding hydrogens is 703 g/mol. The Bertz CT molecular complexity index is 1520. The molecule has 6 atom stereocenters. The van der Waals surface area contributed by atoms with Gasteiger partial charge in [0.2, 0.25) is 11.8 Å². The summed E-state index contributed by atoms with van der Waals surface area (Å²) in [6.45, 7) is 7.06. The summed E-state index contributed by atoms with van der Waals surface area (Å²) in [5, 5.41) is 7.05. The highest BCUT2D eigenvalue weighted by molar-refractivity contribution is 7.09. The number of benzene rings is 1. The molecule has 0 saturated carbocycles. The molecule has 1 aromatic heterocycles. The van der Waals surface area contributed by atoms with Gasteiger partial charge >= 0.3 is 18.1 Å². The van der Waals surface area contributed by atoms with Crippen LogP contribution >= 0.6 is 11.3 Å². The van der Waals surface area contributed by atoms with Gasteiger partial charge in [0.05, 0.1) is 25.5 Å². The third-order valence-electron chi connectivity index (χ3n) is 9.18. The van der Waals surface area contributed by atoms with E-state index in [2.05, 4.69) is 15.6 Å². The summed E-state index contributed by atoms with van der Waals surface area (Å²) in [7, 11) is 4.36. The van der Waals surface area contributed by atoms with E-state index in [1.54, 1.807) is 32.7 Å². The van der Waals surface area contributed by atoms with Crippen LogP contribution in [0.1, 0.15) is 87.0 Å². The fourth-order valence-electron chi connectivity index (χ4n) is 6.46. The number of ether oxygens (including phenoxy) is 2. The van der Waals surface area contributed by atoms with Crippen LogP contribution in [0.2, 0.25) is 0 Å².